The molecule has 0 spiro atoms. The van der Waals surface area contributed by atoms with Gasteiger partial charge in [-0.3, -0.25) is 0 Å². The van der Waals surface area contributed by atoms with E-state index in [-0.39, 0.29) is 6.04 Å². The highest BCUT2D eigenvalue weighted by Crippen LogP contribution is 2.24. The monoisotopic (exact) mass is 364 g/mol. The summed E-state index contributed by atoms with van der Waals surface area (Å²) in [6, 6.07) is 16.9. The van der Waals surface area contributed by atoms with Crippen molar-refractivity contribution < 1.29 is 9.15 Å². The number of methoxy groups -OCH3 is 1. The molecule has 3 aromatic rings. The highest BCUT2D eigenvalue weighted by molar-refractivity contribution is 5.54. The van der Waals surface area contributed by atoms with Gasteiger partial charge in [0.2, 0.25) is 5.89 Å². The predicted octanol–water partition coefficient (Wildman–Crippen LogP) is 5.40. The normalized spacial score (nSPS) is 12.3. The van der Waals surface area contributed by atoms with Crippen LogP contribution in [-0.2, 0) is 13.0 Å². The first-order valence-electron chi connectivity index (χ1n) is 9.51. The lowest BCUT2D eigenvalue weighted by atomic mass is 9.95. The Morgan fingerprint density at radius 2 is 1.74 bits per heavy atom. The molecule has 1 atom stereocenters. The zero-order valence-electron chi connectivity index (χ0n) is 16.5. The van der Waals surface area contributed by atoms with E-state index >= 15 is 0 Å². The molecule has 27 heavy (non-hydrogen) atoms. The molecule has 0 aliphatic heterocycles. The summed E-state index contributed by atoms with van der Waals surface area (Å²) in [6.45, 7) is 7.31. The maximum Gasteiger partial charge on any atom is 0.226 e. The van der Waals surface area contributed by atoms with Crippen molar-refractivity contribution in [2.75, 3.05) is 7.11 Å². The predicted molar refractivity (Wildman–Crippen MR) is 109 cm³/mol. The van der Waals surface area contributed by atoms with Crippen molar-refractivity contribution >= 4 is 0 Å². The van der Waals surface area contributed by atoms with Crippen LogP contribution in [0, 0.1) is 5.92 Å². The fourth-order valence-corrected chi connectivity index (χ4v) is 3.17. The molecule has 4 heteroatoms. The maximum atomic E-state index is 5.66. The second kappa shape index (κ2) is 8.87. The second-order valence-corrected chi connectivity index (χ2v) is 7.07. The molecule has 0 saturated carbocycles. The number of ether oxygens (including phenoxy) is 1. The van der Waals surface area contributed by atoms with Crippen LogP contribution in [0.15, 0.2) is 59.2 Å². The fraction of sp³-hybridized carbons (Fsp3) is 0.348. The van der Waals surface area contributed by atoms with E-state index in [1.165, 1.54) is 11.1 Å². The van der Waals surface area contributed by atoms with Gasteiger partial charge in [-0.1, -0.05) is 45.0 Å². The van der Waals surface area contributed by atoms with Gasteiger partial charge in [0.15, 0.2) is 0 Å². The van der Waals surface area contributed by atoms with Gasteiger partial charge < -0.3 is 14.5 Å². The van der Waals surface area contributed by atoms with Gasteiger partial charge in [-0.25, -0.2) is 4.98 Å². The molecular formula is C23H28N2O2. The highest BCUT2D eigenvalue weighted by atomic mass is 16.5. The van der Waals surface area contributed by atoms with Crippen molar-refractivity contribution in [1.29, 1.82) is 0 Å². The van der Waals surface area contributed by atoms with Crippen LogP contribution in [0.4, 0.5) is 0 Å². The van der Waals surface area contributed by atoms with Crippen LogP contribution in [0.1, 0.15) is 43.6 Å². The lowest BCUT2D eigenvalue weighted by Gasteiger charge is -2.22. The van der Waals surface area contributed by atoms with Gasteiger partial charge in [-0.05, 0) is 47.7 Å². The topological polar surface area (TPSA) is 47.3 Å². The molecule has 142 valence electrons. The number of nitrogens with one attached hydrogen (secondary N) is 1. The zero-order valence-corrected chi connectivity index (χ0v) is 16.5. The van der Waals surface area contributed by atoms with E-state index in [0.717, 1.165) is 23.4 Å². The van der Waals surface area contributed by atoms with Crippen LogP contribution < -0.4 is 10.1 Å². The molecular weight excluding hydrogens is 336 g/mol. The number of aromatic nitrogens is 1. The molecule has 0 radical (unpaired) electrons. The summed E-state index contributed by atoms with van der Waals surface area (Å²) in [5, 5.41) is 3.63. The zero-order chi connectivity index (χ0) is 19.2. The van der Waals surface area contributed by atoms with E-state index in [9.17, 15) is 0 Å². The molecule has 1 aromatic heterocycles. The summed E-state index contributed by atoms with van der Waals surface area (Å²) < 4.78 is 10.9. The Morgan fingerprint density at radius 1 is 1.04 bits per heavy atom. The summed E-state index contributed by atoms with van der Waals surface area (Å²) in [6.07, 6.45) is 2.79. The van der Waals surface area contributed by atoms with Gasteiger partial charge in [0.25, 0.3) is 0 Å². The first kappa shape index (κ1) is 19.2. The molecule has 3 rings (SSSR count). The maximum absolute atomic E-state index is 5.66. The van der Waals surface area contributed by atoms with Gasteiger partial charge in [-0.2, -0.15) is 0 Å². The lowest BCUT2D eigenvalue weighted by Crippen LogP contribution is -2.25. The molecule has 0 fully saturated rings. The molecule has 0 amide bonds. The van der Waals surface area contributed by atoms with E-state index in [1.807, 2.05) is 24.3 Å². The number of oxazole rings is 1. The summed E-state index contributed by atoms with van der Waals surface area (Å²) in [7, 11) is 1.66. The average Bonchev–Trinajstić information content (AvgIpc) is 3.17. The van der Waals surface area contributed by atoms with Gasteiger partial charge in [0, 0.05) is 18.2 Å². The third-order valence-corrected chi connectivity index (χ3v) is 4.81. The fourth-order valence-electron chi connectivity index (χ4n) is 3.17. The van der Waals surface area contributed by atoms with Crippen molar-refractivity contribution in [2.45, 2.75) is 39.8 Å². The van der Waals surface area contributed by atoms with E-state index in [4.69, 9.17) is 9.15 Å². The smallest absolute Gasteiger partial charge is 0.226 e. The van der Waals surface area contributed by atoms with E-state index in [0.29, 0.717) is 18.4 Å². The highest BCUT2D eigenvalue weighted by Gasteiger charge is 2.16. The van der Waals surface area contributed by atoms with Crippen LogP contribution in [0.2, 0.25) is 0 Å². The number of hydrogen-bond donors (Lipinski definition) is 1. The summed E-state index contributed by atoms with van der Waals surface area (Å²) in [5.74, 6) is 1.93. The van der Waals surface area contributed by atoms with Crippen LogP contribution in [-0.4, -0.2) is 12.1 Å². The standard InChI is InChI=1S/C23H28N2O2/c1-5-17-6-8-18(9-7-17)22(16(2)3)24-14-20-15-27-23(25-20)19-10-12-21(26-4)13-11-19/h6-13,15-16,22,24H,5,14H2,1-4H3/t22-/m1/s1. The van der Waals surface area contributed by atoms with Crippen molar-refractivity contribution in [3.8, 4) is 17.2 Å². The Hall–Kier alpha value is -2.59. The second-order valence-electron chi connectivity index (χ2n) is 7.07. The Balaban J connectivity index is 1.67. The summed E-state index contributed by atoms with van der Waals surface area (Å²) >= 11 is 0. The molecule has 0 unspecified atom stereocenters. The Bertz CT molecular complexity index is 836. The van der Waals surface area contributed by atoms with Crippen LogP contribution in [0.5, 0.6) is 5.75 Å². The first-order chi connectivity index (χ1) is 13.1. The van der Waals surface area contributed by atoms with E-state index in [1.54, 1.807) is 13.4 Å². The number of aryl methyl sites for hydroxylation is 1. The minimum absolute atomic E-state index is 0.275. The van der Waals surface area contributed by atoms with Crippen LogP contribution in [0.25, 0.3) is 11.5 Å². The quantitative estimate of drug-likeness (QED) is 0.581. The van der Waals surface area contributed by atoms with Crippen molar-refractivity contribution in [3.63, 3.8) is 0 Å². The SMILES string of the molecule is CCc1ccc([C@H](NCc2coc(-c3ccc(OC)cc3)n2)C(C)C)cc1. The number of rotatable bonds is 8. The largest absolute Gasteiger partial charge is 0.497 e. The summed E-state index contributed by atoms with van der Waals surface area (Å²) in [4.78, 5) is 4.62. The van der Waals surface area contributed by atoms with Crippen LogP contribution in [0.3, 0.4) is 0 Å². The minimum Gasteiger partial charge on any atom is -0.497 e. The first-order valence-corrected chi connectivity index (χ1v) is 9.51. The average molecular weight is 364 g/mol. The van der Waals surface area contributed by atoms with E-state index < -0.39 is 0 Å². The molecule has 0 aliphatic rings. The van der Waals surface area contributed by atoms with Crippen molar-refractivity contribution in [2.24, 2.45) is 5.92 Å². The Kier molecular flexibility index (Phi) is 6.30. The van der Waals surface area contributed by atoms with Gasteiger partial charge in [0.1, 0.15) is 12.0 Å². The Labute approximate surface area is 161 Å². The third-order valence-electron chi connectivity index (χ3n) is 4.81. The molecule has 4 nitrogen and oxygen atoms in total. The minimum atomic E-state index is 0.275. The van der Waals surface area contributed by atoms with Gasteiger partial charge in [0.05, 0.1) is 12.8 Å². The third kappa shape index (κ3) is 4.77. The molecule has 2 aromatic carbocycles. The molecule has 1 N–H and O–H groups in total. The Morgan fingerprint density at radius 3 is 2.33 bits per heavy atom. The molecule has 0 aliphatic carbocycles. The van der Waals surface area contributed by atoms with Crippen molar-refractivity contribution in [1.82, 2.24) is 10.3 Å². The molecule has 0 bridgehead atoms. The number of hydrogen-bond acceptors (Lipinski definition) is 4. The lowest BCUT2D eigenvalue weighted by molar-refractivity contribution is 0.408. The molecule has 1 heterocycles. The van der Waals surface area contributed by atoms with Crippen molar-refractivity contribution in [3.05, 3.63) is 71.6 Å². The van der Waals surface area contributed by atoms with Crippen LogP contribution >= 0.6 is 0 Å². The van der Waals surface area contributed by atoms with Gasteiger partial charge >= 0.3 is 0 Å². The van der Waals surface area contributed by atoms with E-state index in [2.05, 4.69) is 55.3 Å². The van der Waals surface area contributed by atoms with Gasteiger partial charge in [-0.15, -0.1) is 0 Å². The number of nitrogens with zero attached hydrogens (tertiary/aromatic N) is 1. The summed E-state index contributed by atoms with van der Waals surface area (Å²) in [5.41, 5.74) is 4.51. The number of benzene rings is 2. The molecule has 0 saturated heterocycles.